The first-order chi connectivity index (χ1) is 9.67. The van der Waals surface area contributed by atoms with Crippen LogP contribution in [-0.4, -0.2) is 49.2 Å². The van der Waals surface area contributed by atoms with E-state index in [2.05, 4.69) is 27.5 Å². The second-order valence-corrected chi connectivity index (χ2v) is 4.82. The van der Waals surface area contributed by atoms with Gasteiger partial charge in [-0.3, -0.25) is 4.79 Å². The minimum absolute atomic E-state index is 0. The minimum atomic E-state index is -0.266. The summed E-state index contributed by atoms with van der Waals surface area (Å²) in [6, 6.07) is 0.123. The summed E-state index contributed by atoms with van der Waals surface area (Å²) in [6.45, 7) is 3.90. The van der Waals surface area contributed by atoms with E-state index >= 15 is 0 Å². The van der Waals surface area contributed by atoms with E-state index in [0.717, 1.165) is 19.5 Å². The van der Waals surface area contributed by atoms with Crippen LogP contribution in [0.4, 0.5) is 0 Å². The van der Waals surface area contributed by atoms with E-state index in [-0.39, 0.29) is 41.7 Å². The van der Waals surface area contributed by atoms with Crippen LogP contribution in [-0.2, 0) is 0 Å². The first-order valence-electron chi connectivity index (χ1n) is 6.62. The van der Waals surface area contributed by atoms with E-state index in [1.54, 1.807) is 0 Å². The van der Waals surface area contributed by atoms with Crippen molar-refractivity contribution in [3.8, 4) is 11.8 Å². The number of rotatable bonds is 4. The van der Waals surface area contributed by atoms with Crippen LogP contribution in [0.2, 0.25) is 0 Å². The molecule has 1 saturated heterocycles. The summed E-state index contributed by atoms with van der Waals surface area (Å²) < 4.78 is 10.2. The van der Waals surface area contributed by atoms with E-state index in [0.29, 0.717) is 5.92 Å². The lowest BCUT2D eigenvalue weighted by atomic mass is 9.95. The van der Waals surface area contributed by atoms with Gasteiger partial charge in [-0.1, -0.05) is 6.92 Å². The largest absolute Gasteiger partial charge is 0.480 e. The molecule has 2 N–H and O–H groups in total. The average Bonchev–Trinajstić information content (AvgIpc) is 2.48. The van der Waals surface area contributed by atoms with E-state index in [1.165, 1.54) is 20.5 Å². The van der Waals surface area contributed by atoms with Crippen molar-refractivity contribution >= 4 is 18.3 Å². The number of carbonyl (C=O) groups excluding carboxylic acids is 1. The fourth-order valence-corrected chi connectivity index (χ4v) is 2.33. The Kier molecular flexibility index (Phi) is 6.64. The average molecular weight is 317 g/mol. The topological polar surface area (TPSA) is 85.4 Å². The summed E-state index contributed by atoms with van der Waals surface area (Å²) in [5.41, 5.74) is 0.239. The minimum Gasteiger partial charge on any atom is -0.480 e. The van der Waals surface area contributed by atoms with Crippen molar-refractivity contribution in [1.29, 1.82) is 0 Å². The zero-order valence-electron chi connectivity index (χ0n) is 12.4. The highest BCUT2D eigenvalue weighted by molar-refractivity contribution is 5.98. The molecule has 0 aliphatic carbocycles. The van der Waals surface area contributed by atoms with E-state index in [1.807, 2.05) is 0 Å². The fourth-order valence-electron chi connectivity index (χ4n) is 2.33. The normalized spacial score (nSPS) is 21.1. The van der Waals surface area contributed by atoms with Gasteiger partial charge in [0.15, 0.2) is 5.56 Å². The van der Waals surface area contributed by atoms with Crippen molar-refractivity contribution in [2.24, 2.45) is 5.92 Å². The quantitative estimate of drug-likeness (QED) is 0.848. The number of hydrogen-bond donors (Lipinski definition) is 2. The third-order valence-electron chi connectivity index (χ3n) is 3.49. The number of hydrogen-bond acceptors (Lipinski definition) is 6. The number of nitrogens with zero attached hydrogens (tertiary/aromatic N) is 2. The zero-order chi connectivity index (χ0) is 14.5. The summed E-state index contributed by atoms with van der Waals surface area (Å²) >= 11 is 0. The molecule has 2 unspecified atom stereocenters. The smallest absolute Gasteiger partial charge is 0.262 e. The Morgan fingerprint density at radius 3 is 2.48 bits per heavy atom. The number of carbonyl (C=O) groups is 1. The molecule has 118 valence electrons. The first kappa shape index (κ1) is 17.5. The summed E-state index contributed by atoms with van der Waals surface area (Å²) in [5.74, 6) is 0.541. The Morgan fingerprint density at radius 2 is 1.95 bits per heavy atom. The lowest BCUT2D eigenvalue weighted by Crippen LogP contribution is -2.48. The molecular formula is C13H21ClN4O3. The van der Waals surface area contributed by atoms with Gasteiger partial charge in [-0.15, -0.1) is 12.4 Å². The van der Waals surface area contributed by atoms with Gasteiger partial charge in [-0.05, 0) is 25.4 Å². The van der Waals surface area contributed by atoms with Crippen molar-refractivity contribution < 1.29 is 14.3 Å². The van der Waals surface area contributed by atoms with Gasteiger partial charge < -0.3 is 20.1 Å². The van der Waals surface area contributed by atoms with Crippen LogP contribution in [0.15, 0.2) is 6.33 Å². The van der Waals surface area contributed by atoms with Crippen LogP contribution in [0.5, 0.6) is 11.8 Å². The second-order valence-electron chi connectivity index (χ2n) is 4.82. The van der Waals surface area contributed by atoms with Crippen molar-refractivity contribution in [3.63, 3.8) is 0 Å². The maximum atomic E-state index is 12.4. The number of amides is 1. The van der Waals surface area contributed by atoms with Crippen LogP contribution in [0.3, 0.4) is 0 Å². The maximum Gasteiger partial charge on any atom is 0.262 e. The Labute approximate surface area is 130 Å². The lowest BCUT2D eigenvalue weighted by Gasteiger charge is -2.30. The fraction of sp³-hybridized carbons (Fsp3) is 0.615. The highest BCUT2D eigenvalue weighted by atomic mass is 35.5. The molecule has 2 heterocycles. The second kappa shape index (κ2) is 7.99. The number of methoxy groups -OCH3 is 2. The predicted octanol–water partition coefficient (Wildman–Crippen LogP) is 0.643. The van der Waals surface area contributed by atoms with Gasteiger partial charge in [0.1, 0.15) is 6.33 Å². The number of ether oxygens (including phenoxy) is 2. The molecule has 0 saturated carbocycles. The number of halogens is 1. The molecule has 1 aromatic rings. The summed E-state index contributed by atoms with van der Waals surface area (Å²) in [6.07, 6.45) is 2.20. The molecule has 21 heavy (non-hydrogen) atoms. The number of piperidine rings is 1. The van der Waals surface area contributed by atoms with Crippen LogP contribution < -0.4 is 20.1 Å². The van der Waals surface area contributed by atoms with Crippen molar-refractivity contribution in [1.82, 2.24) is 20.6 Å². The summed E-state index contributed by atoms with van der Waals surface area (Å²) in [5, 5.41) is 6.31. The van der Waals surface area contributed by atoms with Crippen molar-refractivity contribution in [2.75, 3.05) is 27.3 Å². The Hall–Kier alpha value is -1.60. The molecule has 2 rings (SSSR count). The van der Waals surface area contributed by atoms with E-state index < -0.39 is 0 Å². The zero-order valence-corrected chi connectivity index (χ0v) is 13.2. The number of nitrogens with one attached hydrogen (secondary N) is 2. The van der Waals surface area contributed by atoms with Gasteiger partial charge in [0.05, 0.1) is 14.2 Å². The molecule has 1 amide bonds. The maximum absolute atomic E-state index is 12.4. The Balaban J connectivity index is 0.00000220. The summed E-state index contributed by atoms with van der Waals surface area (Å²) in [7, 11) is 2.93. The SMILES string of the molecule is COc1ncnc(OC)c1C(=O)NC1CCNCC1C.Cl. The van der Waals surface area contributed by atoms with Crippen LogP contribution >= 0.6 is 12.4 Å². The van der Waals surface area contributed by atoms with Gasteiger partial charge in [0, 0.05) is 6.04 Å². The van der Waals surface area contributed by atoms with E-state index in [9.17, 15) is 4.79 Å². The van der Waals surface area contributed by atoms with Gasteiger partial charge in [-0.25, -0.2) is 9.97 Å². The van der Waals surface area contributed by atoms with E-state index in [4.69, 9.17) is 9.47 Å². The molecule has 0 aromatic carbocycles. The van der Waals surface area contributed by atoms with Gasteiger partial charge in [0.25, 0.3) is 5.91 Å². The van der Waals surface area contributed by atoms with Crippen LogP contribution in [0, 0.1) is 5.92 Å². The lowest BCUT2D eigenvalue weighted by molar-refractivity contribution is 0.0906. The van der Waals surface area contributed by atoms with Crippen LogP contribution in [0.1, 0.15) is 23.7 Å². The molecule has 2 atom stereocenters. The predicted molar refractivity (Wildman–Crippen MR) is 80.3 cm³/mol. The third-order valence-corrected chi connectivity index (χ3v) is 3.49. The molecular weight excluding hydrogens is 296 g/mol. The number of aromatic nitrogens is 2. The molecule has 0 spiro atoms. The Morgan fingerprint density at radius 1 is 1.33 bits per heavy atom. The molecule has 7 nitrogen and oxygen atoms in total. The Bertz CT molecular complexity index is 464. The van der Waals surface area contributed by atoms with Gasteiger partial charge in [0.2, 0.25) is 11.8 Å². The highest BCUT2D eigenvalue weighted by Gasteiger charge is 2.27. The van der Waals surface area contributed by atoms with Crippen molar-refractivity contribution in [2.45, 2.75) is 19.4 Å². The van der Waals surface area contributed by atoms with Gasteiger partial charge in [-0.2, -0.15) is 0 Å². The molecule has 0 radical (unpaired) electrons. The molecule has 1 aliphatic rings. The monoisotopic (exact) mass is 316 g/mol. The molecule has 1 aromatic heterocycles. The third kappa shape index (κ3) is 3.95. The molecule has 8 heteroatoms. The standard InChI is InChI=1S/C13H20N4O3.ClH/c1-8-6-14-5-4-9(8)17-11(18)10-12(19-2)15-7-16-13(10)20-3;/h7-9,14H,4-6H2,1-3H3,(H,17,18);1H. The highest BCUT2D eigenvalue weighted by Crippen LogP contribution is 2.24. The molecule has 1 fully saturated rings. The van der Waals surface area contributed by atoms with Gasteiger partial charge >= 0.3 is 0 Å². The van der Waals surface area contributed by atoms with Crippen molar-refractivity contribution in [3.05, 3.63) is 11.9 Å². The molecule has 1 aliphatic heterocycles. The first-order valence-corrected chi connectivity index (χ1v) is 6.62. The molecule has 0 bridgehead atoms. The summed E-state index contributed by atoms with van der Waals surface area (Å²) in [4.78, 5) is 20.4. The van der Waals surface area contributed by atoms with Crippen LogP contribution in [0.25, 0.3) is 0 Å².